The minimum absolute atomic E-state index is 0.865. The van der Waals surface area contributed by atoms with Gasteiger partial charge in [0.15, 0.2) is 0 Å². The van der Waals surface area contributed by atoms with Crippen molar-refractivity contribution in [2.75, 3.05) is 7.11 Å². The van der Waals surface area contributed by atoms with Crippen LogP contribution in [0.2, 0.25) is 0 Å². The number of aromatic nitrogens is 3. The van der Waals surface area contributed by atoms with Gasteiger partial charge in [-0.2, -0.15) is 0 Å². The highest BCUT2D eigenvalue weighted by Gasteiger charge is 2.16. The van der Waals surface area contributed by atoms with Crippen molar-refractivity contribution in [3.63, 3.8) is 0 Å². The van der Waals surface area contributed by atoms with E-state index in [-0.39, 0.29) is 0 Å². The molecule has 4 heteroatoms. The molecule has 5 aromatic rings. The highest BCUT2D eigenvalue weighted by Crippen LogP contribution is 2.37. The predicted molar refractivity (Wildman–Crippen MR) is 107 cm³/mol. The summed E-state index contributed by atoms with van der Waals surface area (Å²) in [7, 11) is 1.70. The molecule has 128 valence electrons. The Labute approximate surface area is 150 Å². The van der Waals surface area contributed by atoms with E-state index >= 15 is 0 Å². The van der Waals surface area contributed by atoms with Crippen LogP contribution in [0.3, 0.4) is 0 Å². The van der Waals surface area contributed by atoms with Gasteiger partial charge in [0.05, 0.1) is 18.1 Å². The maximum Gasteiger partial charge on any atom is 0.138 e. The standard InChI is InChI=1S/C22H19N3O/c1-12-10-15(22-24-18-6-4-5-7-19(18)25-22)13(2)20-16-11-14(26-3)8-9-17(16)23-21(12)20/h4-11,23H,1-3H3,(H,24,25). The van der Waals surface area contributed by atoms with Crippen molar-refractivity contribution in [2.45, 2.75) is 13.8 Å². The van der Waals surface area contributed by atoms with Crippen LogP contribution in [0.25, 0.3) is 44.2 Å². The molecular formula is C22H19N3O. The van der Waals surface area contributed by atoms with E-state index in [0.717, 1.165) is 33.7 Å². The zero-order chi connectivity index (χ0) is 17.8. The Morgan fingerprint density at radius 1 is 0.923 bits per heavy atom. The summed E-state index contributed by atoms with van der Waals surface area (Å²) in [4.78, 5) is 11.8. The first-order chi connectivity index (χ1) is 12.7. The van der Waals surface area contributed by atoms with E-state index in [2.05, 4.69) is 48.1 Å². The van der Waals surface area contributed by atoms with Gasteiger partial charge in [-0.05, 0) is 61.4 Å². The summed E-state index contributed by atoms with van der Waals surface area (Å²) in [6.45, 7) is 4.30. The number of fused-ring (bicyclic) bond motifs is 4. The van der Waals surface area contributed by atoms with E-state index in [9.17, 15) is 0 Å². The number of hydrogen-bond acceptors (Lipinski definition) is 2. The van der Waals surface area contributed by atoms with Crippen molar-refractivity contribution >= 4 is 32.8 Å². The van der Waals surface area contributed by atoms with Crippen LogP contribution in [0, 0.1) is 13.8 Å². The minimum atomic E-state index is 0.865. The summed E-state index contributed by atoms with van der Waals surface area (Å²) < 4.78 is 5.43. The molecule has 0 unspecified atom stereocenters. The zero-order valence-corrected chi connectivity index (χ0v) is 15.0. The van der Waals surface area contributed by atoms with E-state index in [0.29, 0.717) is 0 Å². The topological polar surface area (TPSA) is 53.7 Å². The quantitative estimate of drug-likeness (QED) is 0.446. The fraction of sp³-hybridized carbons (Fsp3) is 0.136. The third kappa shape index (κ3) is 2.05. The second-order valence-electron chi connectivity index (χ2n) is 6.76. The van der Waals surface area contributed by atoms with Gasteiger partial charge in [0.2, 0.25) is 0 Å². The average molecular weight is 341 g/mol. The van der Waals surface area contributed by atoms with E-state index in [1.54, 1.807) is 7.11 Å². The lowest BCUT2D eigenvalue weighted by Gasteiger charge is -2.08. The first kappa shape index (κ1) is 15.0. The summed E-state index contributed by atoms with van der Waals surface area (Å²) in [5.41, 5.74) is 7.88. The molecule has 0 aliphatic heterocycles. The van der Waals surface area contributed by atoms with E-state index in [4.69, 9.17) is 9.72 Å². The molecular weight excluding hydrogens is 322 g/mol. The van der Waals surface area contributed by atoms with Crippen molar-refractivity contribution in [3.8, 4) is 17.1 Å². The third-order valence-corrected chi connectivity index (χ3v) is 5.18. The van der Waals surface area contributed by atoms with Crippen LogP contribution >= 0.6 is 0 Å². The number of imidazole rings is 1. The van der Waals surface area contributed by atoms with Crippen molar-refractivity contribution in [2.24, 2.45) is 0 Å². The molecule has 2 aromatic heterocycles. The van der Waals surface area contributed by atoms with Gasteiger partial charge in [-0.25, -0.2) is 4.98 Å². The van der Waals surface area contributed by atoms with Gasteiger partial charge >= 0.3 is 0 Å². The van der Waals surface area contributed by atoms with Crippen molar-refractivity contribution in [1.29, 1.82) is 0 Å². The van der Waals surface area contributed by atoms with Crippen LogP contribution in [-0.2, 0) is 0 Å². The molecule has 4 nitrogen and oxygen atoms in total. The fourth-order valence-electron chi connectivity index (χ4n) is 3.84. The Balaban J connectivity index is 1.86. The molecule has 2 N–H and O–H groups in total. The number of aryl methyl sites for hydroxylation is 2. The van der Waals surface area contributed by atoms with Gasteiger partial charge in [-0.3, -0.25) is 0 Å². The summed E-state index contributed by atoms with van der Waals surface area (Å²) in [6, 6.07) is 16.5. The van der Waals surface area contributed by atoms with Gasteiger partial charge < -0.3 is 14.7 Å². The van der Waals surface area contributed by atoms with Crippen LogP contribution in [0.5, 0.6) is 5.75 Å². The number of nitrogens with one attached hydrogen (secondary N) is 2. The number of hydrogen-bond donors (Lipinski definition) is 2. The Hall–Kier alpha value is -3.27. The molecule has 0 saturated carbocycles. The molecule has 3 aromatic carbocycles. The summed E-state index contributed by atoms with van der Waals surface area (Å²) in [6.07, 6.45) is 0. The summed E-state index contributed by atoms with van der Waals surface area (Å²) in [5.74, 6) is 1.77. The van der Waals surface area contributed by atoms with E-state index < -0.39 is 0 Å². The largest absolute Gasteiger partial charge is 0.497 e. The highest BCUT2D eigenvalue weighted by atomic mass is 16.5. The lowest BCUT2D eigenvalue weighted by atomic mass is 9.98. The SMILES string of the molecule is COc1ccc2[nH]c3c(C)cc(-c4nc5ccccc5[nH]4)c(C)c3c2c1. The predicted octanol–water partition coefficient (Wildman–Crippen LogP) is 5.49. The first-order valence-electron chi connectivity index (χ1n) is 8.70. The molecule has 0 atom stereocenters. The maximum absolute atomic E-state index is 5.43. The number of rotatable bonds is 2. The molecule has 0 radical (unpaired) electrons. The molecule has 0 fully saturated rings. The number of nitrogens with zero attached hydrogens (tertiary/aromatic N) is 1. The van der Waals surface area contributed by atoms with Crippen LogP contribution in [0.15, 0.2) is 48.5 Å². The second kappa shape index (κ2) is 5.36. The number of benzene rings is 3. The Morgan fingerprint density at radius 2 is 1.77 bits per heavy atom. The first-order valence-corrected chi connectivity index (χ1v) is 8.70. The highest BCUT2D eigenvalue weighted by molar-refractivity contribution is 6.12. The number of para-hydroxylation sites is 2. The smallest absolute Gasteiger partial charge is 0.138 e. The molecule has 0 spiro atoms. The second-order valence-corrected chi connectivity index (χ2v) is 6.76. The zero-order valence-electron chi connectivity index (χ0n) is 15.0. The van der Waals surface area contributed by atoms with Gasteiger partial charge in [0.1, 0.15) is 11.6 Å². The molecule has 0 bridgehead atoms. The van der Waals surface area contributed by atoms with E-state index in [1.165, 1.54) is 27.4 Å². The minimum Gasteiger partial charge on any atom is -0.497 e. The average Bonchev–Trinajstić information content (AvgIpc) is 3.25. The lowest BCUT2D eigenvalue weighted by Crippen LogP contribution is -1.90. The lowest BCUT2D eigenvalue weighted by molar-refractivity contribution is 0.415. The number of H-pyrrole nitrogens is 2. The molecule has 0 amide bonds. The van der Waals surface area contributed by atoms with Crippen molar-refractivity contribution in [3.05, 3.63) is 59.7 Å². The summed E-state index contributed by atoms with van der Waals surface area (Å²) in [5, 5.41) is 2.41. The van der Waals surface area contributed by atoms with Crippen molar-refractivity contribution in [1.82, 2.24) is 15.0 Å². The Morgan fingerprint density at radius 3 is 2.58 bits per heavy atom. The van der Waals surface area contributed by atoms with Crippen molar-refractivity contribution < 1.29 is 4.74 Å². The Kier molecular flexibility index (Phi) is 3.10. The van der Waals surface area contributed by atoms with E-state index in [1.807, 2.05) is 24.3 Å². The monoisotopic (exact) mass is 341 g/mol. The normalized spacial score (nSPS) is 11.7. The number of methoxy groups -OCH3 is 1. The molecule has 26 heavy (non-hydrogen) atoms. The molecule has 0 saturated heterocycles. The Bertz CT molecular complexity index is 1260. The molecule has 0 aliphatic rings. The maximum atomic E-state index is 5.43. The van der Waals surface area contributed by atoms with Crippen LogP contribution < -0.4 is 4.74 Å². The van der Waals surface area contributed by atoms with Gasteiger partial charge in [-0.15, -0.1) is 0 Å². The van der Waals surface area contributed by atoms with Gasteiger partial charge in [0, 0.05) is 27.4 Å². The summed E-state index contributed by atoms with van der Waals surface area (Å²) >= 11 is 0. The molecule has 0 aliphatic carbocycles. The number of ether oxygens (including phenoxy) is 1. The fourth-order valence-corrected chi connectivity index (χ4v) is 3.84. The third-order valence-electron chi connectivity index (χ3n) is 5.18. The molecule has 5 rings (SSSR count). The van der Waals surface area contributed by atoms with Crippen LogP contribution in [0.4, 0.5) is 0 Å². The van der Waals surface area contributed by atoms with Gasteiger partial charge in [-0.1, -0.05) is 12.1 Å². The van der Waals surface area contributed by atoms with Crippen LogP contribution in [0.1, 0.15) is 11.1 Å². The molecule has 2 heterocycles. The number of aromatic amines is 2. The van der Waals surface area contributed by atoms with Crippen LogP contribution in [-0.4, -0.2) is 22.1 Å². The van der Waals surface area contributed by atoms with Gasteiger partial charge in [0.25, 0.3) is 0 Å².